The lowest BCUT2D eigenvalue weighted by Gasteiger charge is -2.19. The van der Waals surface area contributed by atoms with Gasteiger partial charge in [-0.3, -0.25) is 4.98 Å². The van der Waals surface area contributed by atoms with Gasteiger partial charge in [0.15, 0.2) is 0 Å². The second kappa shape index (κ2) is 6.72. The van der Waals surface area contributed by atoms with Crippen molar-refractivity contribution in [2.75, 3.05) is 6.54 Å². The lowest BCUT2D eigenvalue weighted by atomic mass is 9.87. The Labute approximate surface area is 127 Å². The van der Waals surface area contributed by atoms with E-state index in [1.54, 1.807) is 6.20 Å². The Bertz CT molecular complexity index is 571. The molecule has 0 atom stereocenters. The van der Waals surface area contributed by atoms with E-state index in [4.69, 9.17) is 4.74 Å². The van der Waals surface area contributed by atoms with Crippen LogP contribution < -0.4 is 10.1 Å². The molecule has 0 radical (unpaired) electrons. The number of hydrogen-bond acceptors (Lipinski definition) is 3. The monoisotopic (exact) mass is 284 g/mol. The van der Waals surface area contributed by atoms with Gasteiger partial charge in [0.2, 0.25) is 0 Å². The van der Waals surface area contributed by atoms with Crippen LogP contribution in [0.4, 0.5) is 0 Å². The highest BCUT2D eigenvalue weighted by Crippen LogP contribution is 2.28. The standard InChI is InChI=1S/C18H24N2O/c1-5-19-12-14-13-20-11-10-17(14)21-16-8-6-15(7-9-16)18(2,3)4/h6-11,13,19H,5,12H2,1-4H3. The fraction of sp³-hybridized carbons (Fsp3) is 0.389. The predicted octanol–water partition coefficient (Wildman–Crippen LogP) is 4.28. The van der Waals surface area contributed by atoms with E-state index in [2.05, 4.69) is 50.1 Å². The van der Waals surface area contributed by atoms with E-state index in [-0.39, 0.29) is 5.41 Å². The SMILES string of the molecule is CCNCc1cnccc1Oc1ccc(C(C)(C)C)cc1. The second-order valence-corrected chi connectivity index (χ2v) is 6.14. The van der Waals surface area contributed by atoms with Crippen molar-refractivity contribution in [1.82, 2.24) is 10.3 Å². The maximum Gasteiger partial charge on any atom is 0.134 e. The fourth-order valence-electron chi connectivity index (χ4n) is 2.06. The second-order valence-electron chi connectivity index (χ2n) is 6.14. The highest BCUT2D eigenvalue weighted by molar-refractivity contribution is 5.37. The first-order valence-corrected chi connectivity index (χ1v) is 7.42. The molecule has 0 aliphatic heterocycles. The highest BCUT2D eigenvalue weighted by Gasteiger charge is 2.13. The van der Waals surface area contributed by atoms with Gasteiger partial charge in [-0.05, 0) is 35.7 Å². The van der Waals surface area contributed by atoms with Crippen LogP contribution in [0.25, 0.3) is 0 Å². The van der Waals surface area contributed by atoms with E-state index >= 15 is 0 Å². The van der Waals surface area contributed by atoms with Crippen molar-refractivity contribution in [2.45, 2.75) is 39.7 Å². The molecule has 0 amide bonds. The molecule has 1 heterocycles. The third-order valence-corrected chi connectivity index (χ3v) is 3.37. The van der Waals surface area contributed by atoms with E-state index in [0.29, 0.717) is 0 Å². The minimum Gasteiger partial charge on any atom is -0.457 e. The lowest BCUT2D eigenvalue weighted by Crippen LogP contribution is -2.12. The van der Waals surface area contributed by atoms with E-state index in [1.165, 1.54) is 5.56 Å². The maximum atomic E-state index is 5.99. The molecule has 3 heteroatoms. The number of nitrogens with one attached hydrogen (secondary N) is 1. The maximum absolute atomic E-state index is 5.99. The molecule has 0 unspecified atom stereocenters. The molecule has 0 saturated heterocycles. The number of hydrogen-bond donors (Lipinski definition) is 1. The third-order valence-electron chi connectivity index (χ3n) is 3.37. The molecular formula is C18H24N2O. The Kier molecular flexibility index (Phi) is 4.97. The van der Waals surface area contributed by atoms with Gasteiger partial charge in [0.1, 0.15) is 11.5 Å². The van der Waals surface area contributed by atoms with Crippen LogP contribution in [0.15, 0.2) is 42.7 Å². The summed E-state index contributed by atoms with van der Waals surface area (Å²) >= 11 is 0. The molecule has 21 heavy (non-hydrogen) atoms. The Morgan fingerprint density at radius 1 is 1.10 bits per heavy atom. The zero-order chi connectivity index (χ0) is 15.3. The number of aromatic nitrogens is 1. The summed E-state index contributed by atoms with van der Waals surface area (Å²) in [5.74, 6) is 1.71. The van der Waals surface area contributed by atoms with E-state index in [1.807, 2.05) is 24.4 Å². The molecule has 1 N–H and O–H groups in total. The van der Waals surface area contributed by atoms with Gasteiger partial charge in [-0.2, -0.15) is 0 Å². The summed E-state index contributed by atoms with van der Waals surface area (Å²) < 4.78 is 5.99. The van der Waals surface area contributed by atoms with Crippen molar-refractivity contribution in [1.29, 1.82) is 0 Å². The average molecular weight is 284 g/mol. The van der Waals surface area contributed by atoms with Gasteiger partial charge < -0.3 is 10.1 Å². The Morgan fingerprint density at radius 3 is 2.43 bits per heavy atom. The van der Waals surface area contributed by atoms with Crippen molar-refractivity contribution in [3.63, 3.8) is 0 Å². The summed E-state index contributed by atoms with van der Waals surface area (Å²) in [6.07, 6.45) is 3.61. The Hall–Kier alpha value is -1.87. The third kappa shape index (κ3) is 4.30. The fourth-order valence-corrected chi connectivity index (χ4v) is 2.06. The number of ether oxygens (including phenoxy) is 1. The summed E-state index contributed by atoms with van der Waals surface area (Å²) in [5.41, 5.74) is 2.53. The molecule has 0 saturated carbocycles. The molecule has 0 fully saturated rings. The van der Waals surface area contributed by atoms with Gasteiger partial charge in [0.05, 0.1) is 0 Å². The molecule has 1 aromatic heterocycles. The van der Waals surface area contributed by atoms with Crippen LogP contribution >= 0.6 is 0 Å². The van der Waals surface area contributed by atoms with E-state index < -0.39 is 0 Å². The van der Waals surface area contributed by atoms with Crippen LogP contribution in [0.1, 0.15) is 38.8 Å². The van der Waals surface area contributed by atoms with Crippen molar-refractivity contribution in [3.8, 4) is 11.5 Å². The molecule has 3 nitrogen and oxygen atoms in total. The van der Waals surface area contributed by atoms with E-state index in [0.717, 1.165) is 30.2 Å². The van der Waals surface area contributed by atoms with Crippen molar-refractivity contribution in [3.05, 3.63) is 53.9 Å². The smallest absolute Gasteiger partial charge is 0.134 e. The molecule has 1 aromatic carbocycles. The first-order valence-electron chi connectivity index (χ1n) is 7.42. The summed E-state index contributed by atoms with van der Waals surface area (Å²) in [4.78, 5) is 4.17. The molecule has 2 rings (SSSR count). The number of nitrogens with zero attached hydrogens (tertiary/aromatic N) is 1. The van der Waals surface area contributed by atoms with Gasteiger partial charge in [0, 0.05) is 24.5 Å². The van der Waals surface area contributed by atoms with Gasteiger partial charge in [-0.25, -0.2) is 0 Å². The molecule has 2 aromatic rings. The number of benzene rings is 1. The van der Waals surface area contributed by atoms with Crippen LogP contribution in [0, 0.1) is 0 Å². The summed E-state index contributed by atoms with van der Waals surface area (Å²) in [5, 5.41) is 3.30. The van der Waals surface area contributed by atoms with Crippen molar-refractivity contribution < 1.29 is 4.74 Å². The molecule has 112 valence electrons. The van der Waals surface area contributed by atoms with Gasteiger partial charge in [0.25, 0.3) is 0 Å². The molecule has 0 aliphatic carbocycles. The number of pyridine rings is 1. The largest absolute Gasteiger partial charge is 0.457 e. The molecular weight excluding hydrogens is 260 g/mol. The molecule has 0 spiro atoms. The lowest BCUT2D eigenvalue weighted by molar-refractivity contribution is 0.471. The van der Waals surface area contributed by atoms with Crippen LogP contribution in [0.2, 0.25) is 0 Å². The predicted molar refractivity (Wildman–Crippen MR) is 86.8 cm³/mol. The van der Waals surface area contributed by atoms with Crippen LogP contribution in [0.3, 0.4) is 0 Å². The first-order chi connectivity index (χ1) is 10.0. The van der Waals surface area contributed by atoms with Gasteiger partial charge in [-0.15, -0.1) is 0 Å². The minimum absolute atomic E-state index is 0.158. The average Bonchev–Trinajstić information content (AvgIpc) is 2.46. The first kappa shape index (κ1) is 15.5. The Morgan fingerprint density at radius 2 is 1.81 bits per heavy atom. The minimum atomic E-state index is 0.158. The normalized spacial score (nSPS) is 11.4. The van der Waals surface area contributed by atoms with Crippen molar-refractivity contribution >= 4 is 0 Å². The van der Waals surface area contributed by atoms with Crippen LogP contribution in [0.5, 0.6) is 11.5 Å². The number of rotatable bonds is 5. The van der Waals surface area contributed by atoms with Crippen LogP contribution in [-0.2, 0) is 12.0 Å². The molecule has 0 aliphatic rings. The molecule has 0 bridgehead atoms. The quantitative estimate of drug-likeness (QED) is 0.889. The van der Waals surface area contributed by atoms with Gasteiger partial charge in [-0.1, -0.05) is 39.8 Å². The van der Waals surface area contributed by atoms with Crippen molar-refractivity contribution in [2.24, 2.45) is 0 Å². The summed E-state index contributed by atoms with van der Waals surface area (Å²) in [7, 11) is 0. The Balaban J connectivity index is 2.15. The van der Waals surface area contributed by atoms with E-state index in [9.17, 15) is 0 Å². The highest BCUT2D eigenvalue weighted by atomic mass is 16.5. The summed E-state index contributed by atoms with van der Waals surface area (Å²) in [6, 6.07) is 10.2. The topological polar surface area (TPSA) is 34.2 Å². The zero-order valence-corrected chi connectivity index (χ0v) is 13.3. The zero-order valence-electron chi connectivity index (χ0n) is 13.3. The van der Waals surface area contributed by atoms with Gasteiger partial charge >= 0.3 is 0 Å². The summed E-state index contributed by atoms with van der Waals surface area (Å²) in [6.45, 7) is 10.4. The van der Waals surface area contributed by atoms with Crippen LogP contribution in [-0.4, -0.2) is 11.5 Å².